The average Bonchev–Trinajstić information content (AvgIpc) is 2.84. The number of benzene rings is 4. The van der Waals surface area contributed by atoms with Gasteiger partial charge in [0.05, 0.1) is 5.56 Å². The average molecular weight is 465 g/mol. The van der Waals surface area contributed by atoms with Crippen LogP contribution in [0.3, 0.4) is 0 Å². The summed E-state index contributed by atoms with van der Waals surface area (Å²) < 4.78 is 5.47. The number of anilines is 1. The van der Waals surface area contributed by atoms with E-state index >= 15 is 0 Å². The van der Waals surface area contributed by atoms with Crippen molar-refractivity contribution >= 4 is 50.7 Å². The zero-order valence-corrected chi connectivity index (χ0v) is 19.1. The molecule has 0 bridgehead atoms. The van der Waals surface area contributed by atoms with E-state index in [1.807, 2.05) is 85.8 Å². The van der Waals surface area contributed by atoms with Crippen molar-refractivity contribution in [1.82, 2.24) is 5.32 Å². The Morgan fingerprint density at radius 2 is 1.56 bits per heavy atom. The molecule has 0 aliphatic rings. The van der Waals surface area contributed by atoms with Crippen LogP contribution in [0.1, 0.15) is 15.9 Å². The van der Waals surface area contributed by atoms with Crippen molar-refractivity contribution in [3.63, 3.8) is 0 Å². The zero-order chi connectivity index (χ0) is 23.7. The van der Waals surface area contributed by atoms with Crippen molar-refractivity contribution in [1.29, 1.82) is 0 Å². The van der Waals surface area contributed by atoms with Gasteiger partial charge in [0, 0.05) is 16.6 Å². The number of carbonyl (C=O) groups is 1. The summed E-state index contributed by atoms with van der Waals surface area (Å²) in [5.41, 5.74) is 3.39. The summed E-state index contributed by atoms with van der Waals surface area (Å²) in [5, 5.41) is 8.86. The molecule has 166 valence electrons. The Labute approximate surface area is 201 Å². The molecule has 1 aromatic heterocycles. The van der Waals surface area contributed by atoms with Crippen molar-refractivity contribution < 1.29 is 9.21 Å². The fourth-order valence-electron chi connectivity index (χ4n) is 3.85. The quantitative estimate of drug-likeness (QED) is 0.251. The van der Waals surface area contributed by atoms with Gasteiger partial charge in [-0.25, -0.2) is 4.79 Å². The Hall–Kier alpha value is -4.29. The van der Waals surface area contributed by atoms with E-state index in [0.29, 0.717) is 28.0 Å². The molecule has 5 rings (SSSR count). The molecule has 0 unspecified atom stereocenters. The minimum atomic E-state index is -0.416. The molecule has 5 nitrogen and oxygen atoms in total. The van der Waals surface area contributed by atoms with Crippen LogP contribution in [0.15, 0.2) is 100 Å². The Balaban J connectivity index is 1.37. The summed E-state index contributed by atoms with van der Waals surface area (Å²) in [7, 11) is 0. The number of hydrogen-bond donors (Lipinski definition) is 2. The third-order valence-electron chi connectivity index (χ3n) is 5.68. The molecule has 0 atom stereocenters. The van der Waals surface area contributed by atoms with E-state index in [1.165, 1.54) is 0 Å². The van der Waals surface area contributed by atoms with Gasteiger partial charge in [0.15, 0.2) is 5.11 Å². The van der Waals surface area contributed by atoms with Crippen LogP contribution in [-0.2, 0) is 0 Å². The monoisotopic (exact) mass is 464 g/mol. The third kappa shape index (κ3) is 4.31. The summed E-state index contributed by atoms with van der Waals surface area (Å²) in [5.74, 6) is -0.299. The van der Waals surface area contributed by atoms with Crippen LogP contribution < -0.4 is 16.3 Å². The topological polar surface area (TPSA) is 71.3 Å². The number of aryl methyl sites for hydroxylation is 1. The summed E-state index contributed by atoms with van der Waals surface area (Å²) in [4.78, 5) is 25.3. The molecule has 1 heterocycles. The highest BCUT2D eigenvalue weighted by Crippen LogP contribution is 2.26. The second-order valence-electron chi connectivity index (χ2n) is 7.99. The van der Waals surface area contributed by atoms with Gasteiger partial charge >= 0.3 is 5.63 Å². The highest BCUT2D eigenvalue weighted by atomic mass is 32.1. The first kappa shape index (κ1) is 21.6. The van der Waals surface area contributed by atoms with Gasteiger partial charge in [0.2, 0.25) is 0 Å². The molecular weight excluding hydrogens is 444 g/mol. The van der Waals surface area contributed by atoms with Crippen LogP contribution in [0.2, 0.25) is 0 Å². The van der Waals surface area contributed by atoms with Gasteiger partial charge in [0.1, 0.15) is 5.58 Å². The molecule has 5 aromatic rings. The molecule has 1 amide bonds. The second-order valence-corrected chi connectivity index (χ2v) is 8.39. The van der Waals surface area contributed by atoms with Crippen LogP contribution in [0, 0.1) is 6.92 Å². The Kier molecular flexibility index (Phi) is 5.65. The lowest BCUT2D eigenvalue weighted by Gasteiger charge is -2.13. The molecule has 6 heteroatoms. The van der Waals surface area contributed by atoms with E-state index in [9.17, 15) is 9.59 Å². The van der Waals surface area contributed by atoms with E-state index in [0.717, 1.165) is 21.7 Å². The number of amides is 1. The lowest BCUT2D eigenvalue weighted by atomic mass is 10.0. The maximum absolute atomic E-state index is 12.7. The molecule has 0 spiro atoms. The molecular formula is C28H20N2O3S. The van der Waals surface area contributed by atoms with Crippen molar-refractivity contribution in [2.75, 3.05) is 5.32 Å². The third-order valence-corrected chi connectivity index (χ3v) is 5.88. The van der Waals surface area contributed by atoms with Gasteiger partial charge in [-0.1, -0.05) is 60.7 Å². The van der Waals surface area contributed by atoms with Gasteiger partial charge in [-0.3, -0.25) is 10.1 Å². The number of nitrogens with one attached hydrogen (secondary N) is 2. The fourth-order valence-corrected chi connectivity index (χ4v) is 4.05. The Morgan fingerprint density at radius 3 is 2.38 bits per heavy atom. The van der Waals surface area contributed by atoms with Crippen LogP contribution in [0.5, 0.6) is 0 Å². The molecule has 2 N–H and O–H groups in total. The van der Waals surface area contributed by atoms with Gasteiger partial charge in [-0.05, 0) is 71.4 Å². The van der Waals surface area contributed by atoms with E-state index in [2.05, 4.69) is 10.6 Å². The lowest BCUT2D eigenvalue weighted by Crippen LogP contribution is -2.34. The van der Waals surface area contributed by atoms with Crippen LogP contribution >= 0.6 is 12.2 Å². The first-order chi connectivity index (χ1) is 16.5. The summed E-state index contributed by atoms with van der Waals surface area (Å²) in [6.07, 6.45) is 0. The van der Waals surface area contributed by atoms with Gasteiger partial charge in [-0.15, -0.1) is 0 Å². The standard InChI is InChI=1S/C28H20N2O3S/c1-17-10-11-20(23-15-21-8-4-5-9-25(21)33-27(23)32)16-24(17)29-28(34)30-26(31)22-13-12-18-6-2-3-7-19(18)14-22/h2-16H,1H3,(H2,29,30,31,34). The summed E-state index contributed by atoms with van der Waals surface area (Å²) >= 11 is 5.39. The molecule has 0 aliphatic carbocycles. The number of carbonyl (C=O) groups excluding carboxylic acids is 1. The van der Waals surface area contributed by atoms with E-state index in [1.54, 1.807) is 12.1 Å². The maximum Gasteiger partial charge on any atom is 0.344 e. The minimum absolute atomic E-state index is 0.170. The number of hydrogen-bond acceptors (Lipinski definition) is 4. The second kappa shape index (κ2) is 8.92. The van der Waals surface area contributed by atoms with E-state index in [-0.39, 0.29) is 11.0 Å². The highest BCUT2D eigenvalue weighted by molar-refractivity contribution is 7.80. The predicted octanol–water partition coefficient (Wildman–Crippen LogP) is 6.05. The van der Waals surface area contributed by atoms with Gasteiger partial charge in [-0.2, -0.15) is 0 Å². The van der Waals surface area contributed by atoms with Gasteiger partial charge < -0.3 is 9.73 Å². The first-order valence-electron chi connectivity index (χ1n) is 10.7. The summed E-state index contributed by atoms with van der Waals surface area (Å²) in [6, 6.07) is 28.1. The lowest BCUT2D eigenvalue weighted by molar-refractivity contribution is 0.0978. The van der Waals surface area contributed by atoms with Crippen LogP contribution in [0.4, 0.5) is 5.69 Å². The van der Waals surface area contributed by atoms with Crippen molar-refractivity contribution in [3.05, 3.63) is 113 Å². The highest BCUT2D eigenvalue weighted by Gasteiger charge is 2.12. The van der Waals surface area contributed by atoms with Crippen molar-refractivity contribution in [2.24, 2.45) is 0 Å². The van der Waals surface area contributed by atoms with Crippen molar-refractivity contribution in [2.45, 2.75) is 6.92 Å². The first-order valence-corrected chi connectivity index (χ1v) is 11.1. The molecule has 0 radical (unpaired) electrons. The molecule has 0 aliphatic heterocycles. The largest absolute Gasteiger partial charge is 0.422 e. The Bertz CT molecular complexity index is 1640. The normalized spacial score (nSPS) is 10.9. The number of para-hydroxylation sites is 1. The Morgan fingerprint density at radius 1 is 0.824 bits per heavy atom. The minimum Gasteiger partial charge on any atom is -0.422 e. The van der Waals surface area contributed by atoms with Crippen LogP contribution in [0.25, 0.3) is 32.9 Å². The predicted molar refractivity (Wildman–Crippen MR) is 140 cm³/mol. The van der Waals surface area contributed by atoms with E-state index < -0.39 is 5.63 Å². The SMILES string of the molecule is Cc1ccc(-c2cc3ccccc3oc2=O)cc1NC(=S)NC(=O)c1ccc2ccccc2c1. The number of fused-ring (bicyclic) bond motifs is 2. The molecule has 0 fully saturated rings. The molecule has 34 heavy (non-hydrogen) atoms. The van der Waals surface area contributed by atoms with Gasteiger partial charge in [0.25, 0.3) is 5.91 Å². The molecule has 4 aromatic carbocycles. The number of thiocarbonyl (C=S) groups is 1. The van der Waals surface area contributed by atoms with Crippen molar-refractivity contribution in [3.8, 4) is 11.1 Å². The molecule has 0 saturated heterocycles. The fraction of sp³-hybridized carbons (Fsp3) is 0.0357. The van der Waals surface area contributed by atoms with Crippen LogP contribution in [-0.4, -0.2) is 11.0 Å². The maximum atomic E-state index is 12.7. The smallest absolute Gasteiger partial charge is 0.344 e. The summed E-state index contributed by atoms with van der Waals surface area (Å²) in [6.45, 7) is 1.92. The number of rotatable bonds is 3. The van der Waals surface area contributed by atoms with E-state index in [4.69, 9.17) is 16.6 Å². The zero-order valence-electron chi connectivity index (χ0n) is 18.3. The molecule has 0 saturated carbocycles.